The molecule has 1 saturated carbocycles. The Morgan fingerprint density at radius 1 is 1.18 bits per heavy atom. The molecular formula is C16H23NO4S. The second-order valence-electron chi connectivity index (χ2n) is 5.91. The van der Waals surface area contributed by atoms with Crippen LogP contribution in [0.3, 0.4) is 0 Å². The number of thiophene rings is 1. The van der Waals surface area contributed by atoms with Crippen molar-refractivity contribution in [3.63, 3.8) is 0 Å². The molecule has 1 aromatic heterocycles. The van der Waals surface area contributed by atoms with E-state index in [0.717, 1.165) is 37.0 Å². The van der Waals surface area contributed by atoms with Gasteiger partial charge < -0.3 is 15.2 Å². The maximum absolute atomic E-state index is 12.4. The molecule has 0 radical (unpaired) electrons. The van der Waals surface area contributed by atoms with Crippen LogP contribution in [0.2, 0.25) is 0 Å². The summed E-state index contributed by atoms with van der Waals surface area (Å²) < 4.78 is 10.7. The number of carbonyl (C=O) groups is 2. The fourth-order valence-electron chi connectivity index (χ4n) is 2.65. The predicted molar refractivity (Wildman–Crippen MR) is 86.3 cm³/mol. The molecule has 6 heteroatoms. The molecule has 0 spiro atoms. The quantitative estimate of drug-likeness (QED) is 0.854. The van der Waals surface area contributed by atoms with Gasteiger partial charge in [0.2, 0.25) is 0 Å². The van der Waals surface area contributed by atoms with Gasteiger partial charge in [0, 0.05) is 0 Å². The third-order valence-electron chi connectivity index (χ3n) is 3.73. The van der Waals surface area contributed by atoms with Gasteiger partial charge in [-0.15, -0.1) is 11.3 Å². The van der Waals surface area contributed by atoms with E-state index in [2.05, 4.69) is 0 Å². The third-order valence-corrected chi connectivity index (χ3v) is 4.83. The maximum Gasteiger partial charge on any atom is 0.348 e. The highest BCUT2D eigenvalue weighted by Gasteiger charge is 2.27. The summed E-state index contributed by atoms with van der Waals surface area (Å²) in [5.74, 6) is -0.873. The topological polar surface area (TPSA) is 78.6 Å². The third kappa shape index (κ3) is 3.80. The van der Waals surface area contributed by atoms with Crippen LogP contribution in [0.15, 0.2) is 0 Å². The molecular weight excluding hydrogens is 302 g/mol. The Morgan fingerprint density at radius 3 is 2.41 bits per heavy atom. The van der Waals surface area contributed by atoms with Crippen molar-refractivity contribution >= 4 is 28.3 Å². The van der Waals surface area contributed by atoms with Gasteiger partial charge in [-0.2, -0.15) is 0 Å². The average Bonchev–Trinajstić information content (AvgIpc) is 2.74. The number of ether oxygens (including phenoxy) is 2. The van der Waals surface area contributed by atoms with Gasteiger partial charge in [-0.05, 0) is 52.0 Å². The second kappa shape index (κ2) is 7.13. The lowest BCUT2D eigenvalue weighted by Gasteiger charge is -2.21. The average molecular weight is 325 g/mol. The Kier molecular flexibility index (Phi) is 5.45. The summed E-state index contributed by atoms with van der Waals surface area (Å²) in [4.78, 5) is 24.8. The van der Waals surface area contributed by atoms with Crippen LogP contribution >= 0.6 is 11.3 Å². The van der Waals surface area contributed by atoms with Crippen LogP contribution in [0.1, 0.15) is 71.5 Å². The molecule has 1 aromatic rings. The number of carbonyl (C=O) groups excluding carboxylic acids is 2. The van der Waals surface area contributed by atoms with Gasteiger partial charge in [0.05, 0.1) is 11.7 Å². The van der Waals surface area contributed by atoms with Gasteiger partial charge in [0.15, 0.2) is 0 Å². The van der Waals surface area contributed by atoms with Gasteiger partial charge in [0.25, 0.3) is 0 Å². The zero-order chi connectivity index (χ0) is 16.3. The van der Waals surface area contributed by atoms with E-state index in [9.17, 15) is 9.59 Å². The van der Waals surface area contributed by atoms with E-state index in [0.29, 0.717) is 21.0 Å². The zero-order valence-electron chi connectivity index (χ0n) is 13.3. The van der Waals surface area contributed by atoms with Gasteiger partial charge in [-0.3, -0.25) is 0 Å². The minimum absolute atomic E-state index is 0.0361. The van der Waals surface area contributed by atoms with Crippen LogP contribution in [0.4, 0.5) is 5.00 Å². The Hall–Kier alpha value is -1.56. The van der Waals surface area contributed by atoms with Gasteiger partial charge in [-0.25, -0.2) is 9.59 Å². The minimum atomic E-state index is -0.444. The largest absolute Gasteiger partial charge is 0.459 e. The summed E-state index contributed by atoms with van der Waals surface area (Å²) in [6.45, 7) is 5.27. The number of nitrogens with two attached hydrogens (primary N) is 1. The first-order chi connectivity index (χ1) is 10.4. The molecule has 1 heterocycles. The first-order valence-corrected chi connectivity index (χ1v) is 8.52. The van der Waals surface area contributed by atoms with Gasteiger partial charge in [-0.1, -0.05) is 6.42 Å². The van der Waals surface area contributed by atoms with Crippen LogP contribution in [-0.2, 0) is 9.47 Å². The first kappa shape index (κ1) is 16.8. The standard InChI is InChI=1S/C16H23NO4S/c1-9(2)20-16(19)13-10(3)12(14(17)22-13)15(18)21-11-7-5-4-6-8-11/h9,11H,4-8,17H2,1-3H3. The highest BCUT2D eigenvalue weighted by Crippen LogP contribution is 2.33. The monoisotopic (exact) mass is 325 g/mol. The summed E-state index contributed by atoms with van der Waals surface area (Å²) in [7, 11) is 0. The van der Waals surface area contributed by atoms with E-state index in [4.69, 9.17) is 15.2 Å². The summed E-state index contributed by atoms with van der Waals surface area (Å²) >= 11 is 1.08. The Balaban J connectivity index is 2.15. The predicted octanol–water partition coefficient (Wildman–Crippen LogP) is 3.69. The molecule has 0 unspecified atom stereocenters. The SMILES string of the molecule is Cc1c(C(=O)OC(C)C)sc(N)c1C(=O)OC1CCCCC1. The molecule has 0 aromatic carbocycles. The Bertz CT molecular complexity index is 559. The normalized spacial score (nSPS) is 15.8. The van der Waals surface area contributed by atoms with Crippen LogP contribution in [0, 0.1) is 6.92 Å². The lowest BCUT2D eigenvalue weighted by molar-refractivity contribution is 0.0212. The van der Waals surface area contributed by atoms with Gasteiger partial charge in [0.1, 0.15) is 16.0 Å². The molecule has 0 aliphatic heterocycles. The zero-order valence-corrected chi connectivity index (χ0v) is 14.1. The summed E-state index contributed by atoms with van der Waals surface area (Å²) in [5.41, 5.74) is 6.79. The highest BCUT2D eigenvalue weighted by atomic mass is 32.1. The lowest BCUT2D eigenvalue weighted by atomic mass is 9.98. The van der Waals surface area contributed by atoms with Crippen molar-refractivity contribution in [2.24, 2.45) is 0 Å². The number of hydrogen-bond donors (Lipinski definition) is 1. The molecule has 0 bridgehead atoms. The molecule has 22 heavy (non-hydrogen) atoms. The highest BCUT2D eigenvalue weighted by molar-refractivity contribution is 7.18. The lowest BCUT2D eigenvalue weighted by Crippen LogP contribution is -2.21. The van der Waals surface area contributed by atoms with Crippen molar-refractivity contribution in [3.05, 3.63) is 16.0 Å². The Morgan fingerprint density at radius 2 is 1.82 bits per heavy atom. The molecule has 0 amide bonds. The van der Waals surface area contributed by atoms with Crippen molar-refractivity contribution in [2.75, 3.05) is 5.73 Å². The van der Waals surface area contributed by atoms with E-state index in [-0.39, 0.29) is 12.2 Å². The van der Waals surface area contributed by atoms with E-state index >= 15 is 0 Å². The van der Waals surface area contributed by atoms with Crippen LogP contribution < -0.4 is 5.73 Å². The number of nitrogen functional groups attached to an aromatic ring is 1. The molecule has 0 atom stereocenters. The van der Waals surface area contributed by atoms with Crippen LogP contribution in [0.5, 0.6) is 0 Å². The number of esters is 2. The number of anilines is 1. The molecule has 2 N–H and O–H groups in total. The van der Waals surface area contributed by atoms with Crippen molar-refractivity contribution in [3.8, 4) is 0 Å². The smallest absolute Gasteiger partial charge is 0.348 e. The molecule has 0 saturated heterocycles. The van der Waals surface area contributed by atoms with Crippen molar-refractivity contribution in [1.29, 1.82) is 0 Å². The van der Waals surface area contributed by atoms with Gasteiger partial charge >= 0.3 is 11.9 Å². The van der Waals surface area contributed by atoms with Crippen molar-refractivity contribution < 1.29 is 19.1 Å². The molecule has 2 rings (SSSR count). The van der Waals surface area contributed by atoms with Crippen molar-refractivity contribution in [2.45, 2.75) is 65.1 Å². The molecule has 5 nitrogen and oxygen atoms in total. The molecule has 122 valence electrons. The number of rotatable bonds is 4. The van der Waals surface area contributed by atoms with E-state index in [1.54, 1.807) is 20.8 Å². The fraction of sp³-hybridized carbons (Fsp3) is 0.625. The second-order valence-corrected chi connectivity index (χ2v) is 6.97. The summed E-state index contributed by atoms with van der Waals surface area (Å²) in [5, 5.41) is 0.314. The van der Waals surface area contributed by atoms with E-state index in [1.807, 2.05) is 0 Å². The molecule has 1 aliphatic carbocycles. The number of hydrogen-bond acceptors (Lipinski definition) is 6. The fourth-order valence-corrected chi connectivity index (χ4v) is 3.59. The summed E-state index contributed by atoms with van der Waals surface area (Å²) in [6.07, 6.45) is 4.91. The molecule has 1 fully saturated rings. The molecule has 1 aliphatic rings. The Labute approximate surface area is 134 Å². The van der Waals surface area contributed by atoms with Crippen LogP contribution in [0.25, 0.3) is 0 Å². The van der Waals surface area contributed by atoms with Crippen LogP contribution in [-0.4, -0.2) is 24.1 Å². The van der Waals surface area contributed by atoms with E-state index < -0.39 is 11.9 Å². The van der Waals surface area contributed by atoms with E-state index in [1.165, 1.54) is 6.42 Å². The van der Waals surface area contributed by atoms with Crippen molar-refractivity contribution in [1.82, 2.24) is 0 Å². The minimum Gasteiger partial charge on any atom is -0.459 e. The summed E-state index contributed by atoms with van der Waals surface area (Å²) in [6, 6.07) is 0. The maximum atomic E-state index is 12.4. The first-order valence-electron chi connectivity index (χ1n) is 7.71.